The molecule has 0 bridgehead atoms. The smallest absolute Gasteiger partial charge is 0.417 e. The molecule has 1 amide bonds. The maximum atomic E-state index is 12.7. The van der Waals surface area contributed by atoms with E-state index in [0.29, 0.717) is 34.2 Å². The van der Waals surface area contributed by atoms with Crippen molar-refractivity contribution in [3.8, 4) is 17.1 Å². The number of halogens is 3. The van der Waals surface area contributed by atoms with Crippen molar-refractivity contribution in [2.45, 2.75) is 19.3 Å². The lowest BCUT2D eigenvalue weighted by atomic mass is 10.2. The first-order valence-electron chi connectivity index (χ1n) is 8.36. The van der Waals surface area contributed by atoms with Gasteiger partial charge in [-0.1, -0.05) is 0 Å². The van der Waals surface area contributed by atoms with Crippen LogP contribution in [0.1, 0.15) is 11.4 Å². The van der Waals surface area contributed by atoms with Gasteiger partial charge < -0.3 is 14.6 Å². The molecule has 0 fully saturated rings. The number of carbonyl (C=O) groups is 1. The molecule has 152 valence electrons. The van der Waals surface area contributed by atoms with Crippen LogP contribution in [0.15, 0.2) is 47.4 Å². The summed E-state index contributed by atoms with van der Waals surface area (Å²) < 4.78 is 44.0. The molecule has 11 heteroatoms. The zero-order valence-electron chi connectivity index (χ0n) is 15.2. The Morgan fingerprint density at radius 2 is 1.93 bits per heavy atom. The second kappa shape index (κ2) is 8.17. The number of alkyl halides is 3. The summed E-state index contributed by atoms with van der Waals surface area (Å²) in [6.45, 7) is -0.585. The van der Waals surface area contributed by atoms with E-state index in [1.807, 2.05) is 0 Å². The minimum atomic E-state index is -4.61. The number of rotatable bonds is 6. The first-order chi connectivity index (χ1) is 13.8. The molecule has 0 saturated carbocycles. The summed E-state index contributed by atoms with van der Waals surface area (Å²) in [4.78, 5) is 27.9. The molecule has 2 aromatic heterocycles. The Morgan fingerprint density at radius 1 is 1.21 bits per heavy atom. The molecule has 0 spiro atoms. The highest BCUT2D eigenvalue weighted by Crippen LogP contribution is 2.28. The molecule has 0 saturated heterocycles. The third kappa shape index (κ3) is 5.00. The largest absolute Gasteiger partial charge is 0.497 e. The van der Waals surface area contributed by atoms with Crippen molar-refractivity contribution in [2.75, 3.05) is 7.11 Å². The van der Waals surface area contributed by atoms with Gasteiger partial charge >= 0.3 is 6.18 Å². The SMILES string of the molecule is COc1ccc(-c2n[nH]c(CNC(=O)Cn3cc(C(F)(F)F)ccc3=O)n2)cc1. The van der Waals surface area contributed by atoms with E-state index in [4.69, 9.17) is 4.74 Å². The highest BCUT2D eigenvalue weighted by Gasteiger charge is 2.31. The summed E-state index contributed by atoms with van der Waals surface area (Å²) in [7, 11) is 1.55. The maximum absolute atomic E-state index is 12.7. The number of aromatic nitrogens is 4. The van der Waals surface area contributed by atoms with Gasteiger partial charge in [0.25, 0.3) is 5.56 Å². The average molecular weight is 407 g/mol. The van der Waals surface area contributed by atoms with Crippen molar-refractivity contribution >= 4 is 5.91 Å². The Kier molecular flexibility index (Phi) is 5.66. The third-order valence-electron chi connectivity index (χ3n) is 3.96. The Hall–Kier alpha value is -3.63. The summed E-state index contributed by atoms with van der Waals surface area (Å²) in [5, 5.41) is 9.20. The summed E-state index contributed by atoms with van der Waals surface area (Å²) in [5.74, 6) is 0.794. The molecule has 0 aliphatic rings. The van der Waals surface area contributed by atoms with Gasteiger partial charge in [-0.05, 0) is 30.3 Å². The van der Waals surface area contributed by atoms with Crippen LogP contribution in [0.4, 0.5) is 13.2 Å². The topological polar surface area (TPSA) is 102 Å². The Labute approximate surface area is 162 Å². The second-order valence-electron chi connectivity index (χ2n) is 5.99. The highest BCUT2D eigenvalue weighted by atomic mass is 19.4. The predicted molar refractivity (Wildman–Crippen MR) is 95.9 cm³/mol. The third-order valence-corrected chi connectivity index (χ3v) is 3.96. The molecule has 2 heterocycles. The van der Waals surface area contributed by atoms with E-state index in [1.165, 1.54) is 0 Å². The molecule has 1 aromatic carbocycles. The van der Waals surface area contributed by atoms with E-state index in [2.05, 4.69) is 20.5 Å². The molecule has 3 aromatic rings. The minimum Gasteiger partial charge on any atom is -0.497 e. The lowest BCUT2D eigenvalue weighted by Gasteiger charge is -2.10. The van der Waals surface area contributed by atoms with Gasteiger partial charge in [0.05, 0.1) is 19.2 Å². The van der Waals surface area contributed by atoms with Crippen LogP contribution in [-0.2, 0) is 24.1 Å². The van der Waals surface area contributed by atoms with Crippen LogP contribution >= 0.6 is 0 Å². The Morgan fingerprint density at radius 3 is 2.59 bits per heavy atom. The molecule has 0 aliphatic heterocycles. The minimum absolute atomic E-state index is 0.0320. The van der Waals surface area contributed by atoms with Gasteiger partial charge in [0, 0.05) is 17.8 Å². The lowest BCUT2D eigenvalue weighted by molar-refractivity contribution is -0.138. The predicted octanol–water partition coefficient (Wildman–Crippen LogP) is 1.98. The zero-order valence-corrected chi connectivity index (χ0v) is 15.2. The van der Waals surface area contributed by atoms with Crippen molar-refractivity contribution in [1.82, 2.24) is 25.1 Å². The lowest BCUT2D eigenvalue weighted by Crippen LogP contribution is -2.32. The van der Waals surface area contributed by atoms with Crippen LogP contribution in [0.25, 0.3) is 11.4 Å². The van der Waals surface area contributed by atoms with Crippen molar-refractivity contribution in [3.05, 3.63) is 64.3 Å². The number of benzene rings is 1. The van der Waals surface area contributed by atoms with Crippen LogP contribution < -0.4 is 15.6 Å². The van der Waals surface area contributed by atoms with Gasteiger partial charge in [-0.2, -0.15) is 18.3 Å². The number of hydrogen-bond acceptors (Lipinski definition) is 5. The molecule has 0 aliphatic carbocycles. The molecular weight excluding hydrogens is 391 g/mol. The molecule has 2 N–H and O–H groups in total. The van der Waals surface area contributed by atoms with Gasteiger partial charge in [0.15, 0.2) is 5.82 Å². The van der Waals surface area contributed by atoms with Crippen LogP contribution in [-0.4, -0.2) is 32.8 Å². The Bertz CT molecular complexity index is 1060. The molecule has 0 radical (unpaired) electrons. The fourth-order valence-corrected chi connectivity index (χ4v) is 2.46. The first-order valence-corrected chi connectivity index (χ1v) is 8.36. The number of pyridine rings is 1. The second-order valence-corrected chi connectivity index (χ2v) is 5.99. The van der Waals surface area contributed by atoms with Gasteiger partial charge in [-0.3, -0.25) is 14.7 Å². The summed E-state index contributed by atoms with van der Waals surface area (Å²) in [5.41, 5.74) is -0.992. The summed E-state index contributed by atoms with van der Waals surface area (Å²) >= 11 is 0. The standard InChI is InChI=1S/C18H16F3N5O3/c1-29-13-5-2-11(3-6-13)17-23-14(24-25-17)8-22-15(27)10-26-9-12(18(19,20)21)4-7-16(26)28/h2-7,9H,8,10H2,1H3,(H,22,27)(H,23,24,25). The van der Waals surface area contributed by atoms with Gasteiger partial charge in [-0.25, -0.2) is 4.98 Å². The van der Waals surface area contributed by atoms with Crippen LogP contribution in [0, 0.1) is 0 Å². The normalized spacial score (nSPS) is 11.3. The monoisotopic (exact) mass is 407 g/mol. The number of hydrogen-bond donors (Lipinski definition) is 2. The number of H-pyrrole nitrogens is 1. The van der Waals surface area contributed by atoms with E-state index in [0.717, 1.165) is 11.6 Å². The van der Waals surface area contributed by atoms with Crippen molar-refractivity contribution in [3.63, 3.8) is 0 Å². The first kappa shape index (κ1) is 20.1. The zero-order chi connectivity index (χ0) is 21.0. The van der Waals surface area contributed by atoms with E-state index in [1.54, 1.807) is 31.4 Å². The molecule has 0 unspecified atom stereocenters. The fourth-order valence-electron chi connectivity index (χ4n) is 2.46. The molecule has 3 rings (SSSR count). The van der Waals surface area contributed by atoms with Crippen LogP contribution in [0.3, 0.4) is 0 Å². The van der Waals surface area contributed by atoms with Crippen molar-refractivity contribution in [2.24, 2.45) is 0 Å². The summed E-state index contributed by atoms with van der Waals surface area (Å²) in [6, 6.07) is 8.48. The van der Waals surface area contributed by atoms with E-state index < -0.39 is 29.8 Å². The number of nitrogens with one attached hydrogen (secondary N) is 2. The molecular formula is C18H16F3N5O3. The van der Waals surface area contributed by atoms with E-state index in [9.17, 15) is 22.8 Å². The number of nitrogens with zero attached hydrogens (tertiary/aromatic N) is 3. The maximum Gasteiger partial charge on any atom is 0.417 e. The van der Waals surface area contributed by atoms with Crippen LogP contribution in [0.2, 0.25) is 0 Å². The quantitative estimate of drug-likeness (QED) is 0.651. The van der Waals surface area contributed by atoms with Crippen molar-refractivity contribution in [1.29, 1.82) is 0 Å². The Balaban J connectivity index is 1.61. The summed E-state index contributed by atoms with van der Waals surface area (Å²) in [6.07, 6.45) is -4.00. The molecule has 29 heavy (non-hydrogen) atoms. The number of amides is 1. The molecule has 0 atom stereocenters. The number of methoxy groups -OCH3 is 1. The number of aromatic amines is 1. The van der Waals surface area contributed by atoms with E-state index >= 15 is 0 Å². The average Bonchev–Trinajstić information content (AvgIpc) is 3.16. The highest BCUT2D eigenvalue weighted by molar-refractivity contribution is 5.75. The van der Waals surface area contributed by atoms with Gasteiger partial charge in [0.1, 0.15) is 18.1 Å². The molecule has 8 nitrogen and oxygen atoms in total. The van der Waals surface area contributed by atoms with Crippen LogP contribution in [0.5, 0.6) is 5.75 Å². The van der Waals surface area contributed by atoms with Crippen molar-refractivity contribution < 1.29 is 22.7 Å². The number of carbonyl (C=O) groups excluding carboxylic acids is 1. The van der Waals surface area contributed by atoms with Gasteiger partial charge in [0.2, 0.25) is 5.91 Å². The number of ether oxygens (including phenoxy) is 1. The van der Waals surface area contributed by atoms with Gasteiger partial charge in [-0.15, -0.1) is 0 Å². The fraction of sp³-hybridized carbons (Fsp3) is 0.222. The van der Waals surface area contributed by atoms with E-state index in [-0.39, 0.29) is 6.54 Å².